The van der Waals surface area contributed by atoms with Crippen LogP contribution in [0, 0.1) is 3.57 Å². The van der Waals surface area contributed by atoms with Crippen molar-refractivity contribution in [2.45, 2.75) is 6.04 Å². The van der Waals surface area contributed by atoms with Crippen molar-refractivity contribution < 1.29 is 24.2 Å². The fourth-order valence-electron chi connectivity index (χ4n) is 3.67. The van der Waals surface area contributed by atoms with Crippen molar-refractivity contribution >= 4 is 56.5 Å². The quantitative estimate of drug-likeness (QED) is 0.230. The predicted molar refractivity (Wildman–Crippen MR) is 123 cm³/mol. The summed E-state index contributed by atoms with van der Waals surface area (Å²) in [6.07, 6.45) is 1.57. The molecule has 1 saturated heterocycles. The van der Waals surface area contributed by atoms with Crippen LogP contribution >= 0.6 is 33.9 Å². The Hall–Kier alpha value is -2.92. The van der Waals surface area contributed by atoms with Gasteiger partial charge in [-0.2, -0.15) is 0 Å². The first-order valence-corrected chi connectivity index (χ1v) is 11.4. The molecular weight excluding hydrogens is 531 g/mol. The molecule has 3 heterocycles. The molecule has 1 atom stereocenters. The number of aliphatic hydroxyl groups excluding tert-OH is 1. The minimum absolute atomic E-state index is 0.0121. The van der Waals surface area contributed by atoms with Crippen LogP contribution in [-0.4, -0.2) is 35.0 Å². The second-order valence-corrected chi connectivity index (χ2v) is 9.01. The fraction of sp³-hybridized carbons (Fsp3) is 0.136. The normalized spacial score (nSPS) is 19.6. The number of halogens is 1. The highest BCUT2D eigenvalue weighted by Crippen LogP contribution is 2.43. The average molecular weight is 546 g/mol. The highest BCUT2D eigenvalue weighted by molar-refractivity contribution is 14.1. The van der Waals surface area contributed by atoms with Gasteiger partial charge in [0.15, 0.2) is 16.6 Å². The molecule has 0 aliphatic carbocycles. The van der Waals surface area contributed by atoms with E-state index in [1.54, 1.807) is 29.8 Å². The molecule has 1 N–H and O–H groups in total. The smallest absolute Gasteiger partial charge is 0.301 e. The number of benzene rings is 2. The number of anilines is 1. The maximum absolute atomic E-state index is 13.1. The van der Waals surface area contributed by atoms with Crippen molar-refractivity contribution in [3.63, 3.8) is 0 Å². The molecule has 156 valence electrons. The number of carbonyl (C=O) groups excluding carboxylic acids is 2. The van der Waals surface area contributed by atoms with Crippen LogP contribution in [0.3, 0.4) is 0 Å². The van der Waals surface area contributed by atoms with Gasteiger partial charge >= 0.3 is 5.91 Å². The highest BCUT2D eigenvalue weighted by atomic mass is 127. The van der Waals surface area contributed by atoms with E-state index in [9.17, 15) is 14.7 Å². The van der Waals surface area contributed by atoms with E-state index in [-0.39, 0.29) is 11.3 Å². The van der Waals surface area contributed by atoms with Crippen LogP contribution in [-0.2, 0) is 9.59 Å². The standard InChI is InChI=1S/C22H15IN2O5S/c23-14-4-1-12(2-5-14)18-17(20(27)21(28)25(18)22-24-7-10-31-22)19(26)13-3-6-15-16(11-13)30-9-8-29-15/h1-7,10-11,18,26H,8-9H2/b19-17+. The number of nitrogens with zero attached hydrogens (tertiary/aromatic N) is 2. The third-order valence-corrected chi connectivity index (χ3v) is 6.56. The second kappa shape index (κ2) is 7.97. The molecular formula is C22H15IN2O5S. The Morgan fingerprint density at radius 2 is 1.84 bits per heavy atom. The van der Waals surface area contributed by atoms with Crippen molar-refractivity contribution in [3.05, 3.63) is 74.3 Å². The number of hydrogen-bond donors (Lipinski definition) is 1. The molecule has 0 spiro atoms. The van der Waals surface area contributed by atoms with Gasteiger partial charge in [0.25, 0.3) is 5.78 Å². The van der Waals surface area contributed by atoms with Gasteiger partial charge in [-0.3, -0.25) is 14.5 Å². The maximum atomic E-state index is 13.1. The number of ketones is 1. The minimum atomic E-state index is -0.795. The van der Waals surface area contributed by atoms with E-state index in [2.05, 4.69) is 27.6 Å². The van der Waals surface area contributed by atoms with Crippen LogP contribution in [0.1, 0.15) is 17.2 Å². The van der Waals surface area contributed by atoms with Crippen LogP contribution in [0.2, 0.25) is 0 Å². The average Bonchev–Trinajstić information content (AvgIpc) is 3.40. The Morgan fingerprint density at radius 3 is 2.55 bits per heavy atom. The third kappa shape index (κ3) is 3.47. The molecule has 9 heteroatoms. The maximum Gasteiger partial charge on any atom is 0.301 e. The fourth-order valence-corrected chi connectivity index (χ4v) is 4.70. The summed E-state index contributed by atoms with van der Waals surface area (Å²) in [6, 6.07) is 11.6. The lowest BCUT2D eigenvalue weighted by atomic mass is 9.95. The number of aromatic nitrogens is 1. The summed E-state index contributed by atoms with van der Waals surface area (Å²) in [5, 5.41) is 13.3. The van der Waals surface area contributed by atoms with Crippen LogP contribution in [0.5, 0.6) is 11.5 Å². The first kappa shape index (κ1) is 20.0. The summed E-state index contributed by atoms with van der Waals surface area (Å²) in [6.45, 7) is 0.846. The summed E-state index contributed by atoms with van der Waals surface area (Å²) >= 11 is 3.44. The van der Waals surface area contributed by atoms with Crippen LogP contribution in [0.25, 0.3) is 5.76 Å². The van der Waals surface area contributed by atoms with E-state index in [0.717, 1.165) is 3.57 Å². The van der Waals surface area contributed by atoms with Crippen molar-refractivity contribution in [1.29, 1.82) is 0 Å². The number of rotatable bonds is 3. The lowest BCUT2D eigenvalue weighted by Gasteiger charge is -2.23. The Bertz CT molecular complexity index is 1210. The third-order valence-electron chi connectivity index (χ3n) is 5.07. The summed E-state index contributed by atoms with van der Waals surface area (Å²) in [4.78, 5) is 31.6. The summed E-state index contributed by atoms with van der Waals surface area (Å²) in [5.74, 6) is -0.697. The van der Waals surface area contributed by atoms with Crippen molar-refractivity contribution in [2.24, 2.45) is 0 Å². The Kier molecular flexibility index (Phi) is 5.14. The first-order valence-electron chi connectivity index (χ1n) is 9.40. The van der Waals surface area contributed by atoms with Crippen LogP contribution in [0.15, 0.2) is 59.6 Å². The van der Waals surface area contributed by atoms with E-state index in [4.69, 9.17) is 9.47 Å². The molecule has 0 bridgehead atoms. The van der Waals surface area contributed by atoms with Gasteiger partial charge in [0, 0.05) is 20.7 Å². The largest absolute Gasteiger partial charge is 0.507 e. The topological polar surface area (TPSA) is 89.0 Å². The van der Waals surface area contributed by atoms with Gasteiger partial charge in [0.05, 0.1) is 11.6 Å². The zero-order valence-electron chi connectivity index (χ0n) is 15.9. The van der Waals surface area contributed by atoms with Gasteiger partial charge in [0.1, 0.15) is 19.0 Å². The highest BCUT2D eigenvalue weighted by Gasteiger charge is 2.48. The lowest BCUT2D eigenvalue weighted by molar-refractivity contribution is -0.132. The van der Waals surface area contributed by atoms with E-state index < -0.39 is 17.7 Å². The Morgan fingerprint density at radius 1 is 1.10 bits per heavy atom. The van der Waals surface area contributed by atoms with Gasteiger partial charge in [-0.05, 0) is 58.5 Å². The monoisotopic (exact) mass is 546 g/mol. The van der Waals surface area contributed by atoms with Gasteiger partial charge in [0.2, 0.25) is 0 Å². The van der Waals surface area contributed by atoms with E-state index >= 15 is 0 Å². The predicted octanol–water partition coefficient (Wildman–Crippen LogP) is 4.15. The number of ether oxygens (including phenoxy) is 2. The number of amides is 1. The van der Waals surface area contributed by atoms with Crippen LogP contribution < -0.4 is 14.4 Å². The van der Waals surface area contributed by atoms with E-state index in [0.29, 0.717) is 41.0 Å². The molecule has 1 amide bonds. The molecule has 31 heavy (non-hydrogen) atoms. The number of carbonyl (C=O) groups is 2. The Balaban J connectivity index is 1.68. The molecule has 1 aromatic heterocycles. The zero-order valence-corrected chi connectivity index (χ0v) is 18.9. The number of Topliss-reactive ketones (excluding diaryl/α,β-unsaturated/α-hetero) is 1. The molecule has 2 aliphatic rings. The molecule has 2 aromatic carbocycles. The summed E-state index contributed by atoms with van der Waals surface area (Å²) < 4.78 is 12.1. The van der Waals surface area contributed by atoms with E-state index in [1.807, 2.05) is 24.3 Å². The van der Waals surface area contributed by atoms with Gasteiger partial charge < -0.3 is 14.6 Å². The van der Waals surface area contributed by atoms with Crippen molar-refractivity contribution in [3.8, 4) is 11.5 Å². The van der Waals surface area contributed by atoms with Crippen LogP contribution in [0.4, 0.5) is 5.13 Å². The molecule has 2 aliphatic heterocycles. The molecule has 3 aromatic rings. The van der Waals surface area contributed by atoms with Gasteiger partial charge in [-0.1, -0.05) is 12.1 Å². The summed E-state index contributed by atoms with van der Waals surface area (Å²) in [5.41, 5.74) is 1.09. The van der Waals surface area contributed by atoms with Crippen molar-refractivity contribution in [1.82, 2.24) is 4.98 Å². The summed E-state index contributed by atoms with van der Waals surface area (Å²) in [7, 11) is 0. The molecule has 0 radical (unpaired) electrons. The first-order chi connectivity index (χ1) is 15.0. The molecule has 1 fully saturated rings. The lowest BCUT2D eigenvalue weighted by Crippen LogP contribution is -2.29. The number of hydrogen-bond acceptors (Lipinski definition) is 7. The molecule has 7 nitrogen and oxygen atoms in total. The number of thiazole rings is 1. The molecule has 5 rings (SSSR count). The molecule has 1 unspecified atom stereocenters. The van der Waals surface area contributed by atoms with Gasteiger partial charge in [-0.15, -0.1) is 11.3 Å². The Labute approximate surface area is 195 Å². The number of fused-ring (bicyclic) bond motifs is 1. The minimum Gasteiger partial charge on any atom is -0.507 e. The SMILES string of the molecule is O=C1C(=O)N(c2nccs2)C(c2ccc(I)cc2)/C1=C(\O)c1ccc2c(c1)OCCO2. The number of aliphatic hydroxyl groups is 1. The van der Waals surface area contributed by atoms with Crippen molar-refractivity contribution in [2.75, 3.05) is 18.1 Å². The second-order valence-electron chi connectivity index (χ2n) is 6.89. The van der Waals surface area contributed by atoms with E-state index in [1.165, 1.54) is 16.2 Å². The zero-order chi connectivity index (χ0) is 21.5. The molecule has 0 saturated carbocycles. The van der Waals surface area contributed by atoms with Gasteiger partial charge in [-0.25, -0.2) is 4.98 Å².